The molecule has 0 unspecified atom stereocenters. The lowest BCUT2D eigenvalue weighted by Gasteiger charge is -2.36. The van der Waals surface area contributed by atoms with E-state index in [1.165, 1.54) is 0 Å². The molecular weight excluding hydrogens is 236 g/mol. The summed E-state index contributed by atoms with van der Waals surface area (Å²) >= 11 is 0. The third-order valence-corrected chi connectivity index (χ3v) is 5.00. The topological polar surface area (TPSA) is 49.4 Å². The number of likely N-dealkylation sites (N-methyl/N-ethyl adjacent to an activating group) is 1. The van der Waals surface area contributed by atoms with E-state index in [-0.39, 0.29) is 11.8 Å². The fourth-order valence-electron chi connectivity index (χ4n) is 2.03. The normalized spacial score (nSPS) is 17.1. The van der Waals surface area contributed by atoms with E-state index in [0.29, 0.717) is 6.54 Å². The molecule has 0 bridgehead atoms. The number of nitrogens with one attached hydrogen (secondary N) is 1. The zero-order valence-corrected chi connectivity index (χ0v) is 10.8. The van der Waals surface area contributed by atoms with Crippen molar-refractivity contribution in [3.63, 3.8) is 0 Å². The highest BCUT2D eigenvalue weighted by Crippen LogP contribution is 2.15. The second-order valence-corrected chi connectivity index (χ2v) is 6.18. The summed E-state index contributed by atoms with van der Waals surface area (Å²) in [6.45, 7) is 3.96. The van der Waals surface area contributed by atoms with Crippen molar-refractivity contribution in [3.8, 4) is 0 Å². The van der Waals surface area contributed by atoms with E-state index >= 15 is 0 Å². The second kappa shape index (κ2) is 5.16. The first-order valence-corrected chi connectivity index (χ1v) is 7.48. The molecule has 1 aromatic rings. The van der Waals surface area contributed by atoms with Crippen LogP contribution < -0.4 is 5.32 Å². The van der Waals surface area contributed by atoms with E-state index in [1.807, 2.05) is 37.3 Å². The standard InChI is InChI=1S/C12H18N2O2S/c1-2-14(12-8-13-9-12)17(15,16)10-11-6-4-3-5-7-11/h3-7,12-13H,2,8-10H2,1H3. The van der Waals surface area contributed by atoms with E-state index in [9.17, 15) is 8.42 Å². The molecule has 1 heterocycles. The van der Waals surface area contributed by atoms with Crippen LogP contribution in [-0.4, -0.2) is 38.4 Å². The molecule has 0 radical (unpaired) electrons. The van der Waals surface area contributed by atoms with Gasteiger partial charge in [-0.3, -0.25) is 0 Å². The number of rotatable bonds is 5. The molecule has 5 heteroatoms. The minimum atomic E-state index is -3.19. The van der Waals surface area contributed by atoms with Gasteiger partial charge in [0.25, 0.3) is 0 Å². The summed E-state index contributed by atoms with van der Waals surface area (Å²) in [7, 11) is -3.19. The van der Waals surface area contributed by atoms with Crippen molar-refractivity contribution in [2.75, 3.05) is 19.6 Å². The minimum absolute atomic E-state index is 0.0954. The average molecular weight is 254 g/mol. The highest BCUT2D eigenvalue weighted by Gasteiger charge is 2.32. The molecule has 0 amide bonds. The smallest absolute Gasteiger partial charge is 0.218 e. The van der Waals surface area contributed by atoms with Gasteiger partial charge in [0.15, 0.2) is 0 Å². The van der Waals surface area contributed by atoms with Crippen LogP contribution in [0, 0.1) is 0 Å². The van der Waals surface area contributed by atoms with Crippen molar-refractivity contribution in [3.05, 3.63) is 35.9 Å². The third-order valence-electron chi connectivity index (χ3n) is 3.03. The predicted molar refractivity (Wildman–Crippen MR) is 68.1 cm³/mol. The molecule has 1 saturated heterocycles. The van der Waals surface area contributed by atoms with Gasteiger partial charge >= 0.3 is 0 Å². The third kappa shape index (κ3) is 2.86. The van der Waals surface area contributed by atoms with Crippen molar-refractivity contribution in [1.82, 2.24) is 9.62 Å². The Labute approximate surface area is 103 Å². The molecule has 1 fully saturated rings. The predicted octanol–water partition coefficient (Wildman–Crippen LogP) is 0.810. The fourth-order valence-corrected chi connectivity index (χ4v) is 3.80. The molecule has 4 nitrogen and oxygen atoms in total. The van der Waals surface area contributed by atoms with Gasteiger partial charge in [0.1, 0.15) is 0 Å². The molecule has 1 aliphatic rings. The molecule has 0 aliphatic carbocycles. The number of nitrogens with zero attached hydrogens (tertiary/aromatic N) is 1. The number of hydrogen-bond acceptors (Lipinski definition) is 3. The van der Waals surface area contributed by atoms with Crippen LogP contribution in [0.5, 0.6) is 0 Å². The van der Waals surface area contributed by atoms with Gasteiger partial charge in [0.2, 0.25) is 10.0 Å². The summed E-state index contributed by atoms with van der Waals surface area (Å²) < 4.78 is 26.1. The number of hydrogen-bond donors (Lipinski definition) is 1. The Balaban J connectivity index is 2.12. The van der Waals surface area contributed by atoms with Crippen LogP contribution in [0.4, 0.5) is 0 Å². The van der Waals surface area contributed by atoms with Gasteiger partial charge in [0.05, 0.1) is 5.75 Å². The van der Waals surface area contributed by atoms with E-state index in [0.717, 1.165) is 18.7 Å². The Bertz CT molecular complexity index is 455. The molecule has 2 rings (SSSR count). The van der Waals surface area contributed by atoms with Gasteiger partial charge in [-0.25, -0.2) is 8.42 Å². The lowest BCUT2D eigenvalue weighted by molar-refractivity contribution is 0.249. The van der Waals surface area contributed by atoms with E-state index in [4.69, 9.17) is 0 Å². The Morgan fingerprint density at radius 1 is 1.29 bits per heavy atom. The summed E-state index contributed by atoms with van der Waals surface area (Å²) in [5.74, 6) is 0.0954. The van der Waals surface area contributed by atoms with Crippen LogP contribution in [0.1, 0.15) is 12.5 Å². The Morgan fingerprint density at radius 3 is 2.41 bits per heavy atom. The van der Waals surface area contributed by atoms with Gasteiger partial charge in [-0.05, 0) is 5.56 Å². The van der Waals surface area contributed by atoms with Crippen LogP contribution in [0.3, 0.4) is 0 Å². The second-order valence-electron chi connectivity index (χ2n) is 4.26. The minimum Gasteiger partial charge on any atom is -0.313 e. The Morgan fingerprint density at radius 2 is 1.94 bits per heavy atom. The van der Waals surface area contributed by atoms with Crippen LogP contribution in [0.25, 0.3) is 0 Å². The van der Waals surface area contributed by atoms with Gasteiger partial charge in [-0.1, -0.05) is 37.3 Å². The monoisotopic (exact) mass is 254 g/mol. The molecule has 0 atom stereocenters. The maximum atomic E-state index is 12.3. The first-order chi connectivity index (χ1) is 8.13. The quantitative estimate of drug-likeness (QED) is 0.846. The molecule has 0 saturated carbocycles. The Hall–Kier alpha value is -0.910. The maximum Gasteiger partial charge on any atom is 0.218 e. The zero-order chi connectivity index (χ0) is 12.3. The van der Waals surface area contributed by atoms with E-state index in [2.05, 4.69) is 5.32 Å². The SMILES string of the molecule is CCN(C1CNC1)S(=O)(=O)Cc1ccccc1. The van der Waals surface area contributed by atoms with Gasteiger partial charge in [-0.15, -0.1) is 0 Å². The van der Waals surface area contributed by atoms with Crippen molar-refractivity contribution < 1.29 is 8.42 Å². The van der Waals surface area contributed by atoms with Crippen LogP contribution in [0.15, 0.2) is 30.3 Å². The molecule has 0 aromatic heterocycles. The molecule has 0 spiro atoms. The molecule has 94 valence electrons. The lowest BCUT2D eigenvalue weighted by atomic mass is 10.2. The molecule has 1 aromatic carbocycles. The van der Waals surface area contributed by atoms with Crippen molar-refractivity contribution in [2.24, 2.45) is 0 Å². The lowest BCUT2D eigenvalue weighted by Crippen LogP contribution is -2.58. The van der Waals surface area contributed by atoms with Crippen molar-refractivity contribution >= 4 is 10.0 Å². The first-order valence-electron chi connectivity index (χ1n) is 5.87. The molecule has 1 aliphatic heterocycles. The molecule has 1 N–H and O–H groups in total. The number of sulfonamides is 1. The highest BCUT2D eigenvalue weighted by atomic mass is 32.2. The molecule has 17 heavy (non-hydrogen) atoms. The number of benzene rings is 1. The van der Waals surface area contributed by atoms with Gasteiger partial charge < -0.3 is 5.32 Å². The van der Waals surface area contributed by atoms with E-state index < -0.39 is 10.0 Å². The maximum absolute atomic E-state index is 12.3. The summed E-state index contributed by atoms with van der Waals surface area (Å²) in [6.07, 6.45) is 0. The summed E-state index contributed by atoms with van der Waals surface area (Å²) in [6, 6.07) is 9.46. The van der Waals surface area contributed by atoms with E-state index in [1.54, 1.807) is 4.31 Å². The highest BCUT2D eigenvalue weighted by molar-refractivity contribution is 7.88. The van der Waals surface area contributed by atoms with Crippen molar-refractivity contribution in [1.29, 1.82) is 0 Å². The fraction of sp³-hybridized carbons (Fsp3) is 0.500. The largest absolute Gasteiger partial charge is 0.313 e. The Kier molecular flexibility index (Phi) is 3.81. The van der Waals surface area contributed by atoms with Crippen LogP contribution in [0.2, 0.25) is 0 Å². The first kappa shape index (κ1) is 12.5. The summed E-state index contributed by atoms with van der Waals surface area (Å²) in [4.78, 5) is 0. The average Bonchev–Trinajstić information content (AvgIpc) is 2.23. The van der Waals surface area contributed by atoms with Crippen molar-refractivity contribution in [2.45, 2.75) is 18.7 Å². The van der Waals surface area contributed by atoms with Gasteiger partial charge in [0, 0.05) is 25.7 Å². The summed E-state index contributed by atoms with van der Waals surface area (Å²) in [5.41, 5.74) is 0.846. The van der Waals surface area contributed by atoms with Crippen LogP contribution >= 0.6 is 0 Å². The summed E-state index contributed by atoms with van der Waals surface area (Å²) in [5, 5.41) is 3.11. The molecular formula is C12H18N2O2S. The zero-order valence-electron chi connectivity index (χ0n) is 9.96. The van der Waals surface area contributed by atoms with Gasteiger partial charge in [-0.2, -0.15) is 4.31 Å². The van der Waals surface area contributed by atoms with Crippen LogP contribution in [-0.2, 0) is 15.8 Å².